The molecule has 0 bridgehead atoms. The van der Waals surface area contributed by atoms with Crippen LogP contribution in [0.1, 0.15) is 35.6 Å². The maximum atomic E-state index is 12.7. The number of methoxy groups -OCH3 is 1. The second kappa shape index (κ2) is 8.13. The van der Waals surface area contributed by atoms with Crippen LogP contribution >= 0.6 is 0 Å². The van der Waals surface area contributed by atoms with Crippen LogP contribution in [0, 0.1) is 23.2 Å². The van der Waals surface area contributed by atoms with Crippen molar-refractivity contribution in [1.29, 1.82) is 5.26 Å². The van der Waals surface area contributed by atoms with Crippen molar-refractivity contribution in [3.8, 4) is 12.1 Å². The molecule has 2 saturated heterocycles. The van der Waals surface area contributed by atoms with Crippen LogP contribution in [0.2, 0.25) is 0 Å². The third kappa shape index (κ3) is 3.80. The van der Waals surface area contributed by atoms with Gasteiger partial charge in [0.15, 0.2) is 0 Å². The fourth-order valence-electron chi connectivity index (χ4n) is 5.17. The highest BCUT2D eigenvalue weighted by atomic mass is 16.5. The molecule has 31 heavy (non-hydrogen) atoms. The minimum absolute atomic E-state index is 0.0341. The molecule has 160 valence electrons. The van der Waals surface area contributed by atoms with E-state index in [0.717, 1.165) is 24.0 Å². The van der Waals surface area contributed by atoms with Gasteiger partial charge in [0.2, 0.25) is 0 Å². The van der Waals surface area contributed by atoms with Gasteiger partial charge >= 0.3 is 12.0 Å². The van der Waals surface area contributed by atoms with Gasteiger partial charge in [-0.05, 0) is 42.4 Å². The van der Waals surface area contributed by atoms with Crippen molar-refractivity contribution in [2.45, 2.75) is 37.5 Å². The summed E-state index contributed by atoms with van der Waals surface area (Å²) in [6, 6.07) is 10.5. The molecule has 5 unspecified atom stereocenters. The van der Waals surface area contributed by atoms with E-state index in [1.807, 2.05) is 35.5 Å². The van der Waals surface area contributed by atoms with Crippen LogP contribution in [0.15, 0.2) is 36.7 Å². The van der Waals surface area contributed by atoms with Gasteiger partial charge < -0.3 is 15.0 Å². The summed E-state index contributed by atoms with van der Waals surface area (Å²) in [5.41, 5.74) is 9.44. The summed E-state index contributed by atoms with van der Waals surface area (Å²) in [4.78, 5) is 23.1. The number of fused-ring (bicyclic) bond motifs is 2. The van der Waals surface area contributed by atoms with Crippen molar-refractivity contribution < 1.29 is 9.53 Å². The van der Waals surface area contributed by atoms with Gasteiger partial charge in [-0.25, -0.2) is 20.2 Å². The Bertz CT molecular complexity index is 1010. The Hall–Kier alpha value is -3.22. The zero-order chi connectivity index (χ0) is 21.4. The molecule has 1 aliphatic carbocycles. The first kappa shape index (κ1) is 19.7. The molecule has 2 aromatic rings. The molecule has 0 radical (unpaired) electrons. The van der Waals surface area contributed by atoms with Crippen molar-refractivity contribution in [1.82, 2.24) is 31.0 Å². The van der Waals surface area contributed by atoms with Gasteiger partial charge in [-0.3, -0.25) is 5.43 Å². The molecule has 0 spiro atoms. The number of nitrogens with one attached hydrogen (secondary N) is 3. The predicted octanol–water partition coefficient (Wildman–Crippen LogP) is 1.49. The van der Waals surface area contributed by atoms with E-state index in [4.69, 9.17) is 10.00 Å². The Morgan fingerprint density at radius 1 is 1.23 bits per heavy atom. The Morgan fingerprint density at radius 2 is 2.06 bits per heavy atom. The van der Waals surface area contributed by atoms with Crippen LogP contribution in [-0.2, 0) is 6.54 Å². The van der Waals surface area contributed by atoms with E-state index in [-0.39, 0.29) is 24.2 Å². The van der Waals surface area contributed by atoms with Gasteiger partial charge in [0.25, 0.3) is 0 Å². The molecule has 5 atom stereocenters. The molecule has 9 nitrogen and oxygen atoms in total. The first-order valence-corrected chi connectivity index (χ1v) is 10.6. The number of rotatable bonds is 4. The number of urea groups is 1. The molecule has 2 aliphatic heterocycles. The van der Waals surface area contributed by atoms with Gasteiger partial charge in [-0.2, -0.15) is 5.26 Å². The average molecular weight is 419 g/mol. The quantitative estimate of drug-likeness (QED) is 0.688. The van der Waals surface area contributed by atoms with E-state index in [2.05, 4.69) is 32.2 Å². The number of hydrazine groups is 1. The molecule has 9 heteroatoms. The third-order valence-corrected chi connectivity index (χ3v) is 6.69. The second-order valence-electron chi connectivity index (χ2n) is 8.52. The molecule has 1 aromatic carbocycles. The molecular formula is C22H25N7O2. The average Bonchev–Trinajstić information content (AvgIpc) is 3.21. The second-order valence-corrected chi connectivity index (χ2v) is 8.52. The zero-order valence-electron chi connectivity index (χ0n) is 17.3. The summed E-state index contributed by atoms with van der Waals surface area (Å²) in [7, 11) is 1.56. The number of nitriles is 1. The molecular weight excluding hydrogens is 394 g/mol. The van der Waals surface area contributed by atoms with E-state index in [9.17, 15) is 4.79 Å². The van der Waals surface area contributed by atoms with Gasteiger partial charge in [-0.1, -0.05) is 12.1 Å². The largest absolute Gasteiger partial charge is 0.467 e. The van der Waals surface area contributed by atoms with E-state index in [0.29, 0.717) is 36.5 Å². The zero-order valence-corrected chi connectivity index (χ0v) is 17.3. The molecule has 3 heterocycles. The SMILES string of the molecule is COc1ncc(C2NNC3CC4NC(=O)N(Cc5cccc(C#N)c5)CC4CC32)cn1. The predicted molar refractivity (Wildman–Crippen MR) is 111 cm³/mol. The highest BCUT2D eigenvalue weighted by molar-refractivity contribution is 5.75. The molecule has 5 rings (SSSR count). The van der Waals surface area contributed by atoms with Crippen molar-refractivity contribution in [3.05, 3.63) is 53.3 Å². The normalized spacial score (nSPS) is 29.5. The molecule has 2 amide bonds. The lowest BCUT2D eigenvalue weighted by molar-refractivity contribution is 0.0961. The first-order chi connectivity index (χ1) is 15.1. The van der Waals surface area contributed by atoms with Crippen molar-refractivity contribution in [2.24, 2.45) is 11.8 Å². The molecule has 3 N–H and O–H groups in total. The summed E-state index contributed by atoms with van der Waals surface area (Å²) in [6.45, 7) is 1.22. The number of nitrogens with zero attached hydrogens (tertiary/aromatic N) is 4. The monoisotopic (exact) mass is 419 g/mol. The van der Waals surface area contributed by atoms with Crippen LogP contribution in [0.25, 0.3) is 0 Å². The Kier molecular flexibility index (Phi) is 5.18. The lowest BCUT2D eigenvalue weighted by Crippen LogP contribution is -2.60. The summed E-state index contributed by atoms with van der Waals surface area (Å²) in [5, 5.41) is 12.4. The van der Waals surface area contributed by atoms with Gasteiger partial charge in [0.1, 0.15) is 0 Å². The number of benzene rings is 1. The number of aromatic nitrogens is 2. The lowest BCUT2D eigenvalue weighted by atomic mass is 9.71. The van der Waals surface area contributed by atoms with Gasteiger partial charge in [0, 0.05) is 43.1 Å². The number of carbonyl (C=O) groups excluding carboxylic acids is 1. The number of hydrogen-bond acceptors (Lipinski definition) is 7. The molecule has 1 aromatic heterocycles. The van der Waals surface area contributed by atoms with Crippen molar-refractivity contribution in [2.75, 3.05) is 13.7 Å². The third-order valence-electron chi connectivity index (χ3n) is 6.69. The van der Waals surface area contributed by atoms with Crippen LogP contribution in [0.4, 0.5) is 4.79 Å². The summed E-state index contributed by atoms with van der Waals surface area (Å²) in [5.74, 6) is 0.749. The Labute approximate surface area is 180 Å². The van der Waals surface area contributed by atoms with Crippen LogP contribution in [0.3, 0.4) is 0 Å². The fourth-order valence-corrected chi connectivity index (χ4v) is 5.17. The molecule has 3 aliphatic rings. The maximum Gasteiger partial charge on any atom is 0.317 e. The minimum Gasteiger partial charge on any atom is -0.467 e. The van der Waals surface area contributed by atoms with Crippen molar-refractivity contribution >= 4 is 6.03 Å². The minimum atomic E-state index is -0.0341. The smallest absolute Gasteiger partial charge is 0.317 e. The van der Waals surface area contributed by atoms with Gasteiger partial charge in [-0.15, -0.1) is 0 Å². The molecule has 1 saturated carbocycles. The van der Waals surface area contributed by atoms with E-state index in [1.165, 1.54) is 0 Å². The lowest BCUT2D eigenvalue weighted by Gasteiger charge is -2.45. The Balaban J connectivity index is 1.29. The van der Waals surface area contributed by atoms with E-state index >= 15 is 0 Å². The standard InChI is InChI=1S/C22H25N7O2/c1-31-21-24-9-16(10-25-21)20-17-6-15-12-29(11-14-4-2-3-13(5-14)8-23)22(30)26-18(15)7-19(17)27-28-20/h2-5,9-10,15,17-20,27-28H,6-7,11-12H2,1H3,(H,26,30). The fraction of sp³-hybridized carbons (Fsp3) is 0.455. The summed E-state index contributed by atoms with van der Waals surface area (Å²) >= 11 is 0. The number of hydrogen-bond donors (Lipinski definition) is 3. The van der Waals surface area contributed by atoms with Crippen LogP contribution in [-0.4, -0.2) is 46.6 Å². The van der Waals surface area contributed by atoms with Crippen molar-refractivity contribution in [3.63, 3.8) is 0 Å². The maximum absolute atomic E-state index is 12.7. The molecule has 3 fully saturated rings. The van der Waals surface area contributed by atoms with E-state index < -0.39 is 0 Å². The topological polar surface area (TPSA) is 115 Å². The van der Waals surface area contributed by atoms with E-state index in [1.54, 1.807) is 13.2 Å². The first-order valence-electron chi connectivity index (χ1n) is 10.6. The summed E-state index contributed by atoms with van der Waals surface area (Å²) < 4.78 is 5.07. The number of carbonyl (C=O) groups is 1. The highest BCUT2D eigenvalue weighted by Gasteiger charge is 2.47. The number of amides is 2. The van der Waals surface area contributed by atoms with Crippen LogP contribution < -0.4 is 20.9 Å². The van der Waals surface area contributed by atoms with Crippen LogP contribution in [0.5, 0.6) is 6.01 Å². The Morgan fingerprint density at radius 3 is 2.84 bits per heavy atom. The number of ether oxygens (including phenoxy) is 1. The highest BCUT2D eigenvalue weighted by Crippen LogP contribution is 2.41. The summed E-state index contributed by atoms with van der Waals surface area (Å²) in [6.07, 6.45) is 5.51. The van der Waals surface area contributed by atoms with Gasteiger partial charge in [0.05, 0.1) is 24.8 Å².